The van der Waals surface area contributed by atoms with Gasteiger partial charge in [-0.3, -0.25) is 4.79 Å². The lowest BCUT2D eigenvalue weighted by atomic mass is 10.2. The van der Waals surface area contributed by atoms with Gasteiger partial charge in [-0.25, -0.2) is 28.4 Å². The summed E-state index contributed by atoms with van der Waals surface area (Å²) in [6, 6.07) is 1.27. The molecular formula is C21H18ClF4N9O3. The molecular weight excluding hydrogens is 538 g/mol. The number of rotatable bonds is 7. The fraction of sp³-hybridized carbons (Fsp3) is 0.238. The summed E-state index contributed by atoms with van der Waals surface area (Å²) in [5, 5.41) is 14.9. The molecule has 0 bridgehead atoms. The molecule has 4 rings (SSSR count). The van der Waals surface area contributed by atoms with Crippen LogP contribution in [0.3, 0.4) is 0 Å². The molecule has 0 aliphatic heterocycles. The molecule has 4 heterocycles. The Balaban J connectivity index is 1.60. The molecule has 0 unspecified atom stereocenters. The van der Waals surface area contributed by atoms with Crippen LogP contribution in [-0.4, -0.2) is 55.1 Å². The van der Waals surface area contributed by atoms with E-state index < -0.39 is 42.3 Å². The Kier molecular flexibility index (Phi) is 7.45. The number of fused-ring (bicyclic) bond motifs is 1. The van der Waals surface area contributed by atoms with Crippen molar-refractivity contribution in [3.63, 3.8) is 0 Å². The topological polar surface area (TPSA) is 140 Å². The van der Waals surface area contributed by atoms with E-state index in [4.69, 9.17) is 16.3 Å². The predicted octanol–water partition coefficient (Wildman–Crippen LogP) is 4.24. The molecule has 12 nitrogen and oxygen atoms in total. The molecule has 1 atom stereocenters. The van der Waals surface area contributed by atoms with Crippen LogP contribution in [0.15, 0.2) is 36.9 Å². The van der Waals surface area contributed by atoms with Crippen LogP contribution in [0.4, 0.5) is 39.4 Å². The number of carbonyl (C=O) groups excluding carboxylic acids is 2. The Morgan fingerprint density at radius 2 is 1.87 bits per heavy atom. The number of amides is 3. The van der Waals surface area contributed by atoms with Gasteiger partial charge >= 0.3 is 12.2 Å². The van der Waals surface area contributed by atoms with Gasteiger partial charge in [0.1, 0.15) is 5.56 Å². The second-order valence-corrected chi connectivity index (χ2v) is 8.09. The summed E-state index contributed by atoms with van der Waals surface area (Å²) in [6.07, 6.45) is -1.08. The van der Waals surface area contributed by atoms with Crippen molar-refractivity contribution in [2.75, 3.05) is 29.7 Å². The van der Waals surface area contributed by atoms with E-state index in [2.05, 4.69) is 36.1 Å². The molecule has 0 aliphatic carbocycles. The smallest absolute Gasteiger partial charge is 0.375 e. The number of alkyl halides is 4. The Labute approximate surface area is 216 Å². The van der Waals surface area contributed by atoms with Crippen molar-refractivity contribution >= 4 is 46.2 Å². The zero-order chi connectivity index (χ0) is 27.6. The van der Waals surface area contributed by atoms with Gasteiger partial charge in [0.2, 0.25) is 0 Å². The number of hydrogen-bond acceptors (Lipinski definition) is 7. The van der Waals surface area contributed by atoms with Crippen LogP contribution >= 0.6 is 11.6 Å². The van der Waals surface area contributed by atoms with E-state index in [1.54, 1.807) is 6.92 Å². The molecule has 200 valence electrons. The highest BCUT2D eigenvalue weighted by atomic mass is 35.5. The molecule has 0 radical (unpaired) electrons. The van der Waals surface area contributed by atoms with Crippen molar-refractivity contribution in [3.05, 3.63) is 53.3 Å². The van der Waals surface area contributed by atoms with Gasteiger partial charge in [0.25, 0.3) is 5.91 Å². The summed E-state index contributed by atoms with van der Waals surface area (Å²) >= 11 is 5.96. The zero-order valence-electron chi connectivity index (χ0n) is 19.5. The third kappa shape index (κ3) is 5.65. The largest absolute Gasteiger partial charge is 0.420 e. The minimum absolute atomic E-state index is 0.0331. The fourth-order valence-corrected chi connectivity index (χ4v) is 3.60. The van der Waals surface area contributed by atoms with Gasteiger partial charge in [-0.2, -0.15) is 23.4 Å². The Morgan fingerprint density at radius 3 is 2.55 bits per heavy atom. The Bertz CT molecular complexity index is 1510. The van der Waals surface area contributed by atoms with Crippen LogP contribution in [0.1, 0.15) is 24.3 Å². The first-order chi connectivity index (χ1) is 18.0. The number of hydrogen-bond donors (Lipinski definition) is 3. The molecule has 17 heteroatoms. The molecule has 4 aromatic rings. The molecule has 0 spiro atoms. The van der Waals surface area contributed by atoms with E-state index in [1.165, 1.54) is 23.9 Å². The summed E-state index contributed by atoms with van der Waals surface area (Å²) in [4.78, 5) is 31.8. The van der Waals surface area contributed by atoms with Gasteiger partial charge in [-0.05, 0) is 13.0 Å². The van der Waals surface area contributed by atoms with E-state index in [1.807, 2.05) is 0 Å². The van der Waals surface area contributed by atoms with Crippen molar-refractivity contribution < 1.29 is 31.9 Å². The second-order valence-electron chi connectivity index (χ2n) is 7.70. The Hall–Kier alpha value is -4.31. The Morgan fingerprint density at radius 1 is 1.11 bits per heavy atom. The molecule has 0 aromatic carbocycles. The van der Waals surface area contributed by atoms with Gasteiger partial charge in [0, 0.05) is 13.2 Å². The number of halogens is 5. The van der Waals surface area contributed by atoms with E-state index in [-0.39, 0.29) is 22.2 Å². The molecule has 0 fully saturated rings. The maximum Gasteiger partial charge on any atom is 0.420 e. The third-order valence-corrected chi connectivity index (χ3v) is 5.30. The molecule has 0 saturated carbocycles. The molecule has 38 heavy (non-hydrogen) atoms. The number of aromatic nitrogens is 6. The SMILES string of the molecule is CO[C@@H](C)c1c(NC(=O)Nc2cnc(-n3cc(NC(=O)CF)cn3)c(C(F)(F)F)c2)cnc2cc(Cl)nn12. The first-order valence-electron chi connectivity index (χ1n) is 10.6. The predicted molar refractivity (Wildman–Crippen MR) is 127 cm³/mol. The van der Waals surface area contributed by atoms with Crippen LogP contribution in [-0.2, 0) is 15.7 Å². The molecule has 3 N–H and O–H groups in total. The van der Waals surface area contributed by atoms with Gasteiger partial charge in [0.05, 0.1) is 53.6 Å². The van der Waals surface area contributed by atoms with E-state index in [0.717, 1.165) is 23.3 Å². The maximum absolute atomic E-state index is 13.8. The van der Waals surface area contributed by atoms with E-state index in [9.17, 15) is 27.2 Å². The van der Waals surface area contributed by atoms with Crippen LogP contribution in [0.2, 0.25) is 5.15 Å². The quantitative estimate of drug-likeness (QED) is 0.290. The lowest BCUT2D eigenvalue weighted by Crippen LogP contribution is -2.23. The van der Waals surface area contributed by atoms with E-state index >= 15 is 0 Å². The number of nitrogens with one attached hydrogen (secondary N) is 3. The normalized spacial score (nSPS) is 12.4. The third-order valence-electron chi connectivity index (χ3n) is 5.11. The molecule has 0 saturated heterocycles. The van der Waals surface area contributed by atoms with Crippen LogP contribution < -0.4 is 16.0 Å². The number of carbonyl (C=O) groups is 2. The average molecular weight is 556 g/mol. The summed E-state index contributed by atoms with van der Waals surface area (Å²) in [6.45, 7) is 0.376. The molecule has 3 amide bonds. The number of ether oxygens (including phenoxy) is 1. The highest BCUT2D eigenvalue weighted by Gasteiger charge is 2.36. The summed E-state index contributed by atoms with van der Waals surface area (Å²) in [5.41, 5.74) is -0.601. The number of urea groups is 1. The van der Waals surface area contributed by atoms with Crippen molar-refractivity contribution in [2.24, 2.45) is 0 Å². The van der Waals surface area contributed by atoms with Crippen molar-refractivity contribution in [1.29, 1.82) is 0 Å². The monoisotopic (exact) mass is 555 g/mol. The summed E-state index contributed by atoms with van der Waals surface area (Å²) < 4.78 is 61.4. The minimum Gasteiger partial charge on any atom is -0.375 e. The van der Waals surface area contributed by atoms with Gasteiger partial charge < -0.3 is 20.7 Å². The number of methoxy groups -OCH3 is 1. The number of anilines is 3. The van der Waals surface area contributed by atoms with Crippen molar-refractivity contribution in [2.45, 2.75) is 19.2 Å². The minimum atomic E-state index is -4.89. The van der Waals surface area contributed by atoms with Crippen LogP contribution in [0.5, 0.6) is 0 Å². The molecule has 4 aromatic heterocycles. The first-order valence-corrected chi connectivity index (χ1v) is 11.0. The lowest BCUT2D eigenvalue weighted by molar-refractivity contribution is -0.137. The van der Waals surface area contributed by atoms with Crippen LogP contribution in [0, 0.1) is 0 Å². The zero-order valence-corrected chi connectivity index (χ0v) is 20.3. The van der Waals surface area contributed by atoms with Crippen molar-refractivity contribution in [1.82, 2.24) is 29.4 Å². The highest BCUT2D eigenvalue weighted by molar-refractivity contribution is 6.29. The molecule has 0 aliphatic rings. The highest BCUT2D eigenvalue weighted by Crippen LogP contribution is 2.35. The summed E-state index contributed by atoms with van der Waals surface area (Å²) in [5.74, 6) is -1.63. The fourth-order valence-electron chi connectivity index (χ4n) is 3.42. The van der Waals surface area contributed by atoms with Crippen molar-refractivity contribution in [3.8, 4) is 5.82 Å². The van der Waals surface area contributed by atoms with Gasteiger partial charge in [0.15, 0.2) is 23.3 Å². The lowest BCUT2D eigenvalue weighted by Gasteiger charge is -2.17. The maximum atomic E-state index is 13.8. The first kappa shape index (κ1) is 26.7. The van der Waals surface area contributed by atoms with Gasteiger partial charge in [-0.1, -0.05) is 11.6 Å². The number of pyridine rings is 1. The standard InChI is InChI=1S/C21H18ClF4N9O3/c1-10(38-2)18-14(8-27-16-4-15(22)33-35(16)18)32-20(37)31-11-3-13(21(24,25)26)19(28-6-11)34-9-12(7-29-34)30-17(36)5-23/h3-4,6-10H,5H2,1-2H3,(H,30,36)(H2,31,32,37)/t10-/m0/s1. The number of nitrogens with zero attached hydrogens (tertiary/aromatic N) is 6. The second kappa shape index (κ2) is 10.6. The van der Waals surface area contributed by atoms with Crippen LogP contribution in [0.25, 0.3) is 11.5 Å². The van der Waals surface area contributed by atoms with Gasteiger partial charge in [-0.15, -0.1) is 0 Å². The average Bonchev–Trinajstić information content (AvgIpc) is 3.48. The summed E-state index contributed by atoms with van der Waals surface area (Å²) in [7, 11) is 1.44. The van der Waals surface area contributed by atoms with E-state index in [0.29, 0.717) is 17.4 Å².